The zero-order valence-electron chi connectivity index (χ0n) is 14.6. The van der Waals surface area contributed by atoms with Crippen LogP contribution in [-0.2, 0) is 16.4 Å². The summed E-state index contributed by atoms with van der Waals surface area (Å²) < 4.78 is 27.2. The zero-order chi connectivity index (χ0) is 19.3. The Hall–Kier alpha value is -2.85. The van der Waals surface area contributed by atoms with E-state index in [4.69, 9.17) is 0 Å². The number of aromatic amines is 1. The summed E-state index contributed by atoms with van der Waals surface area (Å²) in [5, 5.41) is 14.3. The van der Waals surface area contributed by atoms with E-state index in [1.165, 1.54) is 40.4 Å². The minimum Gasteiger partial charge on any atom is -0.285 e. The molecule has 1 N–H and O–H groups in total. The van der Waals surface area contributed by atoms with Gasteiger partial charge in [-0.25, -0.2) is 18.1 Å². The molecule has 0 saturated heterocycles. The molecule has 3 heterocycles. The normalized spacial score (nSPS) is 14.6. The van der Waals surface area contributed by atoms with Crippen LogP contribution in [0, 0.1) is 0 Å². The molecule has 0 atom stereocenters. The molecule has 0 spiro atoms. The standard InChI is InChI=1S/C18H15N5O3S2/c24-18-15-4-3-14(28(25,26)16-10-27-17(21-16)11-1-2-11)7-12(15)8-20-23(18)9-13-5-6-19-22-13/h3-8,10-11H,1-2,9H2,(H,19,22). The van der Waals surface area contributed by atoms with Crippen molar-refractivity contribution in [3.63, 3.8) is 0 Å². The second-order valence-electron chi connectivity index (χ2n) is 6.72. The molecule has 142 valence electrons. The van der Waals surface area contributed by atoms with E-state index in [9.17, 15) is 13.2 Å². The van der Waals surface area contributed by atoms with E-state index in [0.29, 0.717) is 22.4 Å². The number of nitrogens with zero attached hydrogens (tertiary/aromatic N) is 4. The van der Waals surface area contributed by atoms with Gasteiger partial charge in [0.2, 0.25) is 9.84 Å². The summed E-state index contributed by atoms with van der Waals surface area (Å²) in [5.74, 6) is 0.405. The average molecular weight is 413 g/mol. The highest BCUT2D eigenvalue weighted by Gasteiger charge is 2.29. The first-order valence-electron chi connectivity index (χ1n) is 8.71. The van der Waals surface area contributed by atoms with Crippen LogP contribution in [-0.4, -0.2) is 33.4 Å². The fourth-order valence-electron chi connectivity index (χ4n) is 3.01. The Balaban J connectivity index is 1.53. The number of sulfone groups is 1. The Kier molecular flexibility index (Phi) is 3.91. The predicted octanol–water partition coefficient (Wildman–Crippen LogP) is 2.33. The van der Waals surface area contributed by atoms with Gasteiger partial charge < -0.3 is 0 Å². The molecule has 1 aromatic carbocycles. The van der Waals surface area contributed by atoms with Crippen molar-refractivity contribution >= 4 is 31.9 Å². The number of thiazole rings is 1. The monoisotopic (exact) mass is 413 g/mol. The molecule has 0 bridgehead atoms. The molecule has 8 nitrogen and oxygen atoms in total. The third-order valence-corrected chi connectivity index (χ3v) is 7.50. The lowest BCUT2D eigenvalue weighted by molar-refractivity contribution is 0.593. The molecule has 0 radical (unpaired) electrons. The first kappa shape index (κ1) is 17.3. The zero-order valence-corrected chi connectivity index (χ0v) is 16.2. The molecule has 10 heteroatoms. The van der Waals surface area contributed by atoms with Gasteiger partial charge in [-0.2, -0.15) is 10.2 Å². The summed E-state index contributed by atoms with van der Waals surface area (Å²) in [6.07, 6.45) is 5.31. The van der Waals surface area contributed by atoms with Crippen molar-refractivity contribution < 1.29 is 8.42 Å². The van der Waals surface area contributed by atoms with Crippen LogP contribution in [0.25, 0.3) is 10.8 Å². The van der Waals surface area contributed by atoms with Crippen LogP contribution < -0.4 is 5.56 Å². The Morgan fingerprint density at radius 3 is 2.86 bits per heavy atom. The third-order valence-electron chi connectivity index (χ3n) is 4.71. The molecular weight excluding hydrogens is 398 g/mol. The van der Waals surface area contributed by atoms with Crippen molar-refractivity contribution in [3.05, 3.63) is 63.1 Å². The largest absolute Gasteiger partial charge is 0.285 e. The smallest absolute Gasteiger partial charge is 0.274 e. The molecule has 0 aliphatic heterocycles. The van der Waals surface area contributed by atoms with Crippen LogP contribution >= 0.6 is 11.3 Å². The highest BCUT2D eigenvalue weighted by Crippen LogP contribution is 2.42. The minimum atomic E-state index is -3.73. The van der Waals surface area contributed by atoms with Crippen molar-refractivity contribution in [1.82, 2.24) is 25.0 Å². The topological polar surface area (TPSA) is 111 Å². The van der Waals surface area contributed by atoms with Crippen LogP contribution in [0.15, 0.2) is 56.8 Å². The molecule has 0 amide bonds. The van der Waals surface area contributed by atoms with Crippen LogP contribution in [0.5, 0.6) is 0 Å². The first-order chi connectivity index (χ1) is 13.5. The van der Waals surface area contributed by atoms with Crippen molar-refractivity contribution in [2.24, 2.45) is 0 Å². The lowest BCUT2D eigenvalue weighted by Crippen LogP contribution is -2.23. The van der Waals surface area contributed by atoms with Gasteiger partial charge in [0.25, 0.3) is 5.56 Å². The second kappa shape index (κ2) is 6.35. The Bertz CT molecular complexity index is 1340. The lowest BCUT2D eigenvalue weighted by atomic mass is 10.2. The third kappa shape index (κ3) is 2.94. The number of benzene rings is 1. The van der Waals surface area contributed by atoms with E-state index in [1.807, 2.05) is 0 Å². The van der Waals surface area contributed by atoms with Gasteiger partial charge in [-0.05, 0) is 37.1 Å². The van der Waals surface area contributed by atoms with E-state index < -0.39 is 9.84 Å². The van der Waals surface area contributed by atoms with E-state index >= 15 is 0 Å². The second-order valence-corrected chi connectivity index (χ2v) is 9.51. The summed E-state index contributed by atoms with van der Waals surface area (Å²) in [6.45, 7) is 0.237. The Morgan fingerprint density at radius 2 is 2.11 bits per heavy atom. The van der Waals surface area contributed by atoms with Crippen molar-refractivity contribution in [1.29, 1.82) is 0 Å². The lowest BCUT2D eigenvalue weighted by Gasteiger charge is -2.06. The van der Waals surface area contributed by atoms with Crippen molar-refractivity contribution in [2.75, 3.05) is 0 Å². The summed E-state index contributed by atoms with van der Waals surface area (Å²) in [5.41, 5.74) is 0.386. The van der Waals surface area contributed by atoms with Crippen LogP contribution in [0.3, 0.4) is 0 Å². The van der Waals surface area contributed by atoms with Gasteiger partial charge in [0.15, 0.2) is 5.03 Å². The SMILES string of the molecule is O=c1c2ccc(S(=O)(=O)c3csc(C4CC4)n3)cc2cnn1Cc1cc[nH]n1. The highest BCUT2D eigenvalue weighted by atomic mass is 32.2. The van der Waals surface area contributed by atoms with E-state index in [-0.39, 0.29) is 22.0 Å². The fourth-order valence-corrected chi connectivity index (χ4v) is 5.56. The van der Waals surface area contributed by atoms with Gasteiger partial charge in [-0.1, -0.05) is 0 Å². The maximum Gasteiger partial charge on any atom is 0.274 e. The van der Waals surface area contributed by atoms with Gasteiger partial charge in [-0.3, -0.25) is 9.89 Å². The summed E-state index contributed by atoms with van der Waals surface area (Å²) in [4.78, 5) is 17.1. The molecule has 1 saturated carbocycles. The number of hydrogen-bond donors (Lipinski definition) is 1. The summed E-state index contributed by atoms with van der Waals surface area (Å²) in [6, 6.07) is 6.22. The number of hydrogen-bond acceptors (Lipinski definition) is 7. The van der Waals surface area contributed by atoms with E-state index in [2.05, 4.69) is 20.3 Å². The van der Waals surface area contributed by atoms with Gasteiger partial charge in [-0.15, -0.1) is 11.3 Å². The Morgan fingerprint density at radius 1 is 1.25 bits per heavy atom. The van der Waals surface area contributed by atoms with Crippen LogP contribution in [0.4, 0.5) is 0 Å². The molecule has 4 aromatic rings. The number of aromatic nitrogens is 5. The van der Waals surface area contributed by atoms with Gasteiger partial charge in [0.05, 0.1) is 33.7 Å². The van der Waals surface area contributed by atoms with Crippen molar-refractivity contribution in [2.45, 2.75) is 35.2 Å². The van der Waals surface area contributed by atoms with E-state index in [0.717, 1.165) is 17.8 Å². The fraction of sp³-hybridized carbons (Fsp3) is 0.222. The molecular formula is C18H15N5O3S2. The quantitative estimate of drug-likeness (QED) is 0.538. The number of fused-ring (bicyclic) bond motifs is 1. The first-order valence-corrected chi connectivity index (χ1v) is 11.1. The molecule has 3 aromatic heterocycles. The summed E-state index contributed by atoms with van der Waals surface area (Å²) in [7, 11) is -3.73. The summed E-state index contributed by atoms with van der Waals surface area (Å²) >= 11 is 1.39. The molecule has 0 unspecified atom stereocenters. The molecule has 1 aliphatic rings. The number of nitrogens with one attached hydrogen (secondary N) is 1. The molecule has 28 heavy (non-hydrogen) atoms. The van der Waals surface area contributed by atoms with Gasteiger partial charge in [0.1, 0.15) is 0 Å². The maximum absolute atomic E-state index is 12.9. The number of H-pyrrole nitrogens is 1. The van der Waals surface area contributed by atoms with Crippen LogP contribution in [0.2, 0.25) is 0 Å². The highest BCUT2D eigenvalue weighted by molar-refractivity contribution is 7.91. The average Bonchev–Trinajstić information content (AvgIpc) is 3.18. The molecule has 1 fully saturated rings. The molecule has 5 rings (SSSR count). The predicted molar refractivity (Wildman–Crippen MR) is 103 cm³/mol. The van der Waals surface area contributed by atoms with E-state index in [1.54, 1.807) is 17.6 Å². The van der Waals surface area contributed by atoms with Crippen LogP contribution in [0.1, 0.15) is 29.5 Å². The van der Waals surface area contributed by atoms with Gasteiger partial charge in [0, 0.05) is 22.9 Å². The number of rotatable bonds is 5. The van der Waals surface area contributed by atoms with Gasteiger partial charge >= 0.3 is 0 Å². The minimum absolute atomic E-state index is 0.0681. The maximum atomic E-state index is 12.9. The molecule has 1 aliphatic carbocycles. The van der Waals surface area contributed by atoms with Crippen molar-refractivity contribution in [3.8, 4) is 0 Å². The Labute approximate surface area is 163 Å².